The topological polar surface area (TPSA) is 103 Å². The van der Waals surface area contributed by atoms with Crippen molar-refractivity contribution in [1.82, 2.24) is 9.97 Å². The lowest BCUT2D eigenvalue weighted by Gasteiger charge is -1.89. The first-order valence-corrected chi connectivity index (χ1v) is 2.66. The number of aromatic carboxylic acids is 1. The molecule has 6 nitrogen and oxygen atoms in total. The summed E-state index contributed by atoms with van der Waals surface area (Å²) in [5.41, 5.74) is -1.97. The number of carbonyl (C=O) groups is 1. The number of nitrogens with one attached hydrogen (secondary N) is 2. The van der Waals surface area contributed by atoms with E-state index in [1.165, 1.54) is 0 Å². The molecule has 0 saturated carbocycles. The van der Waals surface area contributed by atoms with E-state index in [1.54, 1.807) is 0 Å². The van der Waals surface area contributed by atoms with Crippen molar-refractivity contribution in [1.29, 1.82) is 0 Å². The quantitative estimate of drug-likeness (QED) is 0.526. The molecule has 0 aliphatic rings. The molecular weight excluding hydrogens is 164 g/mol. The molecule has 0 aliphatic carbocycles. The van der Waals surface area contributed by atoms with Gasteiger partial charge in [-0.1, -0.05) is 7.43 Å². The molecule has 1 aromatic heterocycles. The molecular formula is C6H8N2O4. The summed E-state index contributed by atoms with van der Waals surface area (Å²) in [6.45, 7) is 0. The summed E-state index contributed by atoms with van der Waals surface area (Å²) >= 11 is 0. The highest BCUT2D eigenvalue weighted by Gasteiger charge is 2.03. The van der Waals surface area contributed by atoms with Gasteiger partial charge in [0.1, 0.15) is 5.69 Å². The zero-order valence-electron chi connectivity index (χ0n) is 5.25. The number of hydrogen-bond donors (Lipinski definition) is 3. The normalized spacial score (nSPS) is 8.67. The predicted molar refractivity (Wildman–Crippen MR) is 41.4 cm³/mol. The maximum atomic E-state index is 10.5. The van der Waals surface area contributed by atoms with Gasteiger partial charge in [0.2, 0.25) is 0 Å². The van der Waals surface area contributed by atoms with Crippen molar-refractivity contribution in [2.75, 3.05) is 0 Å². The third kappa shape index (κ3) is 2.08. The minimum Gasteiger partial charge on any atom is -0.477 e. The first-order chi connectivity index (χ1) is 5.09. The molecule has 6 heteroatoms. The lowest BCUT2D eigenvalue weighted by molar-refractivity contribution is 0.0689. The largest absolute Gasteiger partial charge is 0.477 e. The lowest BCUT2D eigenvalue weighted by Crippen LogP contribution is -2.24. The Morgan fingerprint density at radius 2 is 1.92 bits per heavy atom. The van der Waals surface area contributed by atoms with Crippen molar-refractivity contribution >= 4 is 5.97 Å². The fourth-order valence-corrected chi connectivity index (χ4v) is 0.584. The second-order valence-electron chi connectivity index (χ2n) is 1.81. The van der Waals surface area contributed by atoms with Gasteiger partial charge in [0.15, 0.2) is 0 Å². The van der Waals surface area contributed by atoms with Gasteiger partial charge in [0.25, 0.3) is 5.56 Å². The van der Waals surface area contributed by atoms with E-state index in [0.29, 0.717) is 0 Å². The van der Waals surface area contributed by atoms with E-state index in [2.05, 4.69) is 0 Å². The molecule has 0 bridgehead atoms. The van der Waals surface area contributed by atoms with E-state index in [9.17, 15) is 14.4 Å². The molecule has 0 fully saturated rings. The number of carboxylic acid groups (broad SMARTS) is 1. The third-order valence-electron chi connectivity index (χ3n) is 0.991. The molecule has 0 aromatic carbocycles. The molecule has 12 heavy (non-hydrogen) atoms. The van der Waals surface area contributed by atoms with E-state index in [0.717, 1.165) is 6.07 Å². The van der Waals surface area contributed by atoms with E-state index < -0.39 is 22.9 Å². The molecule has 0 saturated heterocycles. The average Bonchev–Trinajstić information content (AvgIpc) is 1.85. The minimum absolute atomic E-state index is 0. The predicted octanol–water partition coefficient (Wildman–Crippen LogP) is -0.603. The van der Waals surface area contributed by atoms with Gasteiger partial charge in [-0.05, 0) is 0 Å². The van der Waals surface area contributed by atoms with E-state index >= 15 is 0 Å². The summed E-state index contributed by atoms with van der Waals surface area (Å²) in [6.07, 6.45) is 0. The monoisotopic (exact) mass is 172 g/mol. The molecule has 0 unspecified atom stereocenters. The zero-order valence-corrected chi connectivity index (χ0v) is 5.25. The minimum atomic E-state index is -1.34. The molecule has 1 aromatic rings. The lowest BCUT2D eigenvalue weighted by atomic mass is 10.4. The van der Waals surface area contributed by atoms with Crippen molar-refractivity contribution in [3.8, 4) is 0 Å². The van der Waals surface area contributed by atoms with Crippen molar-refractivity contribution in [2.45, 2.75) is 7.43 Å². The highest BCUT2D eigenvalue weighted by atomic mass is 16.4. The van der Waals surface area contributed by atoms with Gasteiger partial charge in [-0.2, -0.15) is 0 Å². The second kappa shape index (κ2) is 3.51. The summed E-state index contributed by atoms with van der Waals surface area (Å²) in [5.74, 6) is -1.34. The van der Waals surface area contributed by atoms with Crippen LogP contribution in [0.15, 0.2) is 15.7 Å². The third-order valence-corrected chi connectivity index (χ3v) is 0.991. The average molecular weight is 172 g/mol. The van der Waals surface area contributed by atoms with Crippen LogP contribution in [0, 0.1) is 0 Å². The fraction of sp³-hybridized carbons (Fsp3) is 0.167. The summed E-state index contributed by atoms with van der Waals surface area (Å²) in [6, 6.07) is 0.795. The molecule has 66 valence electrons. The summed E-state index contributed by atoms with van der Waals surface area (Å²) in [5, 5.41) is 8.31. The molecule has 0 amide bonds. The maximum absolute atomic E-state index is 10.5. The summed E-state index contributed by atoms with van der Waals surface area (Å²) in [4.78, 5) is 34.9. The van der Waals surface area contributed by atoms with Crippen LogP contribution in [0.25, 0.3) is 0 Å². The Hall–Kier alpha value is -1.85. The van der Waals surface area contributed by atoms with E-state index in [4.69, 9.17) is 5.11 Å². The Morgan fingerprint density at radius 3 is 2.33 bits per heavy atom. The first-order valence-electron chi connectivity index (χ1n) is 2.66. The van der Waals surface area contributed by atoms with Gasteiger partial charge in [0, 0.05) is 6.07 Å². The van der Waals surface area contributed by atoms with Gasteiger partial charge < -0.3 is 10.1 Å². The number of aromatic amines is 2. The van der Waals surface area contributed by atoms with Crippen LogP contribution >= 0.6 is 0 Å². The fourth-order valence-electron chi connectivity index (χ4n) is 0.584. The highest BCUT2D eigenvalue weighted by molar-refractivity contribution is 5.84. The first kappa shape index (κ1) is 10.2. The van der Waals surface area contributed by atoms with Crippen molar-refractivity contribution in [3.63, 3.8) is 0 Å². The van der Waals surface area contributed by atoms with Crippen molar-refractivity contribution < 1.29 is 9.90 Å². The second-order valence-corrected chi connectivity index (χ2v) is 1.81. The standard InChI is InChI=1S/C5H4N2O4.CH4/c8-3-1-2(4(9)10)6-5(11)7-3;/h1H,(H,9,10)(H2,6,7,8,11);1H4. The molecule has 0 spiro atoms. The van der Waals surface area contributed by atoms with Gasteiger partial charge in [-0.15, -0.1) is 0 Å². The van der Waals surface area contributed by atoms with Crippen LogP contribution in [0.2, 0.25) is 0 Å². The Labute approximate surface area is 66.9 Å². The summed E-state index contributed by atoms with van der Waals surface area (Å²) in [7, 11) is 0. The number of H-pyrrole nitrogens is 2. The SMILES string of the molecule is C.O=C(O)c1cc(=O)[nH]c(=O)[nH]1. The Bertz CT molecular complexity index is 361. The van der Waals surface area contributed by atoms with Gasteiger partial charge >= 0.3 is 11.7 Å². The van der Waals surface area contributed by atoms with Crippen LogP contribution in [-0.2, 0) is 0 Å². The van der Waals surface area contributed by atoms with Gasteiger partial charge in [0.05, 0.1) is 0 Å². The van der Waals surface area contributed by atoms with E-state index in [1.807, 2.05) is 9.97 Å². The maximum Gasteiger partial charge on any atom is 0.352 e. The van der Waals surface area contributed by atoms with Crippen LogP contribution in [0.4, 0.5) is 0 Å². The zero-order chi connectivity index (χ0) is 8.43. The number of aromatic nitrogens is 2. The van der Waals surface area contributed by atoms with Crippen LogP contribution < -0.4 is 11.2 Å². The van der Waals surface area contributed by atoms with Crippen LogP contribution in [0.3, 0.4) is 0 Å². The van der Waals surface area contributed by atoms with Crippen LogP contribution in [0.5, 0.6) is 0 Å². The molecule has 1 heterocycles. The highest BCUT2D eigenvalue weighted by Crippen LogP contribution is 1.81. The molecule has 3 N–H and O–H groups in total. The Balaban J connectivity index is 0.00000121. The molecule has 0 atom stereocenters. The van der Waals surface area contributed by atoms with Crippen molar-refractivity contribution in [2.24, 2.45) is 0 Å². The molecule has 0 aliphatic heterocycles. The Kier molecular flexibility index (Phi) is 2.97. The van der Waals surface area contributed by atoms with Gasteiger partial charge in [-0.25, -0.2) is 9.59 Å². The van der Waals surface area contributed by atoms with Crippen molar-refractivity contribution in [3.05, 3.63) is 32.6 Å². The van der Waals surface area contributed by atoms with Crippen LogP contribution in [0.1, 0.15) is 17.9 Å². The van der Waals surface area contributed by atoms with Crippen LogP contribution in [-0.4, -0.2) is 21.0 Å². The molecule has 0 radical (unpaired) electrons. The number of rotatable bonds is 1. The van der Waals surface area contributed by atoms with Gasteiger partial charge in [-0.3, -0.25) is 9.78 Å². The number of hydrogen-bond acceptors (Lipinski definition) is 3. The molecule has 1 rings (SSSR count). The smallest absolute Gasteiger partial charge is 0.352 e. The van der Waals surface area contributed by atoms with E-state index in [-0.39, 0.29) is 7.43 Å². The Morgan fingerprint density at radius 1 is 1.33 bits per heavy atom. The number of carboxylic acids is 1. The summed E-state index contributed by atoms with van der Waals surface area (Å²) < 4.78 is 0.